The molecular weight excluding hydrogens is 695 g/mol. The van der Waals surface area contributed by atoms with Gasteiger partial charge in [0.25, 0.3) is 0 Å². The van der Waals surface area contributed by atoms with E-state index in [1.165, 1.54) is 0 Å². The summed E-state index contributed by atoms with van der Waals surface area (Å²) in [5.74, 6) is 6.10. The average molecular weight is 760 g/mol. The fraction of sp³-hybridized carbons (Fsp3) is 0.587. The maximum atomic E-state index is 12.3. The van der Waals surface area contributed by atoms with Crippen LogP contribution in [0.3, 0.4) is 0 Å². The highest BCUT2D eigenvalue weighted by Crippen LogP contribution is 2.45. The molecule has 2 aliphatic rings. The number of benzene rings is 2. The number of fused-ring (bicyclic) bond motifs is 1. The van der Waals surface area contributed by atoms with Crippen molar-refractivity contribution in [1.82, 2.24) is 5.32 Å². The van der Waals surface area contributed by atoms with Gasteiger partial charge in [0.15, 0.2) is 0 Å². The van der Waals surface area contributed by atoms with E-state index in [-0.39, 0.29) is 36.5 Å². The van der Waals surface area contributed by atoms with Crippen LogP contribution >= 0.6 is 0 Å². The van der Waals surface area contributed by atoms with Crippen LogP contribution in [0.2, 0.25) is 0 Å². The van der Waals surface area contributed by atoms with Gasteiger partial charge in [-0.05, 0) is 104 Å². The first-order chi connectivity index (χ1) is 26.3. The molecule has 4 rings (SSSR count). The normalized spacial score (nSPS) is 21.7. The van der Waals surface area contributed by atoms with Crippen molar-refractivity contribution in [1.29, 1.82) is 0 Å². The van der Waals surface area contributed by atoms with Crippen molar-refractivity contribution in [3.63, 3.8) is 0 Å². The number of hydrogen-bond acceptors (Lipinski definition) is 8. The van der Waals surface area contributed by atoms with E-state index >= 15 is 0 Å². The Bertz CT molecular complexity index is 1610. The van der Waals surface area contributed by atoms with E-state index in [4.69, 9.17) is 0 Å². The van der Waals surface area contributed by atoms with Crippen LogP contribution in [0.25, 0.3) is 0 Å². The SMILES string of the molecule is CCCCC(O)C(O)C=CC1=C(CC(O)CO)C(CCCCC2(CC(=O)O)CCCC2)NC(C(C)(O)Cc2ccc(O)cc2)CC#Cc2ccccc2CC1. The fourth-order valence-corrected chi connectivity index (χ4v) is 8.49. The lowest BCUT2D eigenvalue weighted by atomic mass is 9.77. The highest BCUT2D eigenvalue weighted by molar-refractivity contribution is 5.67. The van der Waals surface area contributed by atoms with Crippen LogP contribution in [0.1, 0.15) is 127 Å². The largest absolute Gasteiger partial charge is 0.508 e. The second kappa shape index (κ2) is 21.7. The van der Waals surface area contributed by atoms with Gasteiger partial charge in [-0.3, -0.25) is 4.79 Å². The number of unbranched alkanes of at least 4 members (excludes halogenated alkanes) is 2. The third kappa shape index (κ3) is 13.9. The summed E-state index contributed by atoms with van der Waals surface area (Å²) in [7, 11) is 0. The summed E-state index contributed by atoms with van der Waals surface area (Å²) < 4.78 is 0. The highest BCUT2D eigenvalue weighted by atomic mass is 16.4. The van der Waals surface area contributed by atoms with E-state index < -0.39 is 42.5 Å². The van der Waals surface area contributed by atoms with Crippen LogP contribution in [0.15, 0.2) is 71.8 Å². The zero-order valence-corrected chi connectivity index (χ0v) is 32.9. The van der Waals surface area contributed by atoms with Crippen molar-refractivity contribution >= 4 is 5.97 Å². The molecular formula is C46H65NO8. The number of carboxylic acid groups (broad SMARTS) is 1. The molecule has 0 saturated heterocycles. The van der Waals surface area contributed by atoms with Crippen molar-refractivity contribution < 1.29 is 40.5 Å². The summed E-state index contributed by atoms with van der Waals surface area (Å²) in [6.07, 6.45) is 11.5. The number of hydrogen-bond donors (Lipinski definition) is 8. The summed E-state index contributed by atoms with van der Waals surface area (Å²) in [6.45, 7) is 3.38. The summed E-state index contributed by atoms with van der Waals surface area (Å²) in [4.78, 5) is 11.8. The average Bonchev–Trinajstić information content (AvgIpc) is 3.61. The van der Waals surface area contributed by atoms with E-state index in [0.717, 1.165) is 85.6 Å². The third-order valence-electron chi connectivity index (χ3n) is 11.7. The molecule has 6 unspecified atom stereocenters. The number of aliphatic hydroxyl groups excluding tert-OH is 4. The third-order valence-corrected chi connectivity index (χ3v) is 11.7. The van der Waals surface area contributed by atoms with E-state index in [1.807, 2.05) is 37.3 Å². The second-order valence-corrected chi connectivity index (χ2v) is 16.3. The van der Waals surface area contributed by atoms with Gasteiger partial charge in [0.05, 0.1) is 36.9 Å². The van der Waals surface area contributed by atoms with Crippen LogP contribution in [-0.4, -0.2) is 84.3 Å². The van der Waals surface area contributed by atoms with Crippen LogP contribution in [0, 0.1) is 17.3 Å². The standard InChI is InChI=1S/C46H65NO8/c1-3-4-16-41(51)42(52)25-22-36-21-20-35-13-6-5-12-34(35)14-11-17-43(45(2,55)30-33-18-23-37(49)24-19-33)47-40(39(36)29-38(50)32-48)15-7-8-26-46(31-44(53)54)27-9-10-28-46/h5-6,12-13,18-19,22-25,38,40-43,47-52,55H,3-4,7-10,15-17,20-21,26-32H2,1-2H3,(H,53,54). The highest BCUT2D eigenvalue weighted by Gasteiger charge is 2.37. The molecule has 1 saturated carbocycles. The Kier molecular flexibility index (Phi) is 17.5. The molecule has 0 spiro atoms. The van der Waals surface area contributed by atoms with Crippen molar-refractivity contribution in [2.24, 2.45) is 5.41 Å². The Morgan fingerprint density at radius 3 is 2.45 bits per heavy atom. The Balaban J connectivity index is 1.80. The molecule has 0 amide bonds. The van der Waals surface area contributed by atoms with E-state index in [1.54, 1.807) is 37.3 Å². The molecule has 1 fully saturated rings. The summed E-state index contributed by atoms with van der Waals surface area (Å²) >= 11 is 0. The number of phenolic OH excluding ortho intramolecular Hbond substituents is 1. The van der Waals surface area contributed by atoms with E-state index in [9.17, 15) is 40.5 Å². The number of phenols is 1. The number of carboxylic acids is 1. The zero-order chi connectivity index (χ0) is 39.8. The van der Waals surface area contributed by atoms with E-state index in [0.29, 0.717) is 32.1 Å². The molecule has 55 heavy (non-hydrogen) atoms. The molecule has 2 aromatic rings. The molecule has 8 N–H and O–H groups in total. The lowest BCUT2D eigenvalue weighted by molar-refractivity contribution is -0.139. The number of rotatable bonds is 19. The smallest absolute Gasteiger partial charge is 0.303 e. The lowest BCUT2D eigenvalue weighted by Crippen LogP contribution is -2.54. The van der Waals surface area contributed by atoms with Crippen LogP contribution in [0.5, 0.6) is 5.75 Å². The van der Waals surface area contributed by atoms with Gasteiger partial charge in [-0.2, -0.15) is 0 Å². The fourth-order valence-electron chi connectivity index (χ4n) is 8.49. The number of aliphatic hydroxyl groups is 5. The molecule has 1 aliphatic heterocycles. The van der Waals surface area contributed by atoms with Gasteiger partial charge >= 0.3 is 5.97 Å². The first-order valence-electron chi connectivity index (χ1n) is 20.4. The Hall–Kier alpha value is -3.49. The monoisotopic (exact) mass is 759 g/mol. The molecule has 0 aromatic heterocycles. The zero-order valence-electron chi connectivity index (χ0n) is 32.9. The number of nitrogens with one attached hydrogen (secondary N) is 1. The lowest BCUT2D eigenvalue weighted by Gasteiger charge is -2.38. The Morgan fingerprint density at radius 1 is 1.04 bits per heavy atom. The van der Waals surface area contributed by atoms with Gasteiger partial charge in [0.2, 0.25) is 0 Å². The maximum absolute atomic E-state index is 12.3. The summed E-state index contributed by atoms with van der Waals surface area (Å²) in [5.41, 5.74) is 2.99. The van der Waals surface area contributed by atoms with Gasteiger partial charge in [0.1, 0.15) is 5.75 Å². The van der Waals surface area contributed by atoms with Gasteiger partial charge in [-0.25, -0.2) is 0 Å². The second-order valence-electron chi connectivity index (χ2n) is 16.3. The predicted octanol–water partition coefficient (Wildman–Crippen LogP) is 6.50. The summed E-state index contributed by atoms with van der Waals surface area (Å²) in [6, 6.07) is 13.8. The maximum Gasteiger partial charge on any atom is 0.303 e. The van der Waals surface area contributed by atoms with Crippen LogP contribution in [-0.2, 0) is 17.6 Å². The molecule has 2 aromatic carbocycles. The molecule has 1 aliphatic carbocycles. The predicted molar refractivity (Wildman–Crippen MR) is 216 cm³/mol. The first kappa shape index (κ1) is 44.2. The minimum atomic E-state index is -1.31. The number of allylic oxidation sites excluding steroid dienone is 2. The van der Waals surface area contributed by atoms with Crippen LogP contribution < -0.4 is 5.32 Å². The quantitative estimate of drug-likeness (QED) is 0.0588. The molecule has 1 heterocycles. The number of aryl methyl sites for hydroxylation is 1. The van der Waals surface area contributed by atoms with Crippen molar-refractivity contribution in [2.45, 2.75) is 159 Å². The minimum Gasteiger partial charge on any atom is -0.508 e. The number of aliphatic carboxylic acids is 1. The van der Waals surface area contributed by atoms with Gasteiger partial charge < -0.3 is 41.1 Å². The molecule has 6 atom stereocenters. The molecule has 0 radical (unpaired) electrons. The number of carbonyl (C=O) groups is 1. The minimum absolute atomic E-state index is 0.140. The van der Waals surface area contributed by atoms with Gasteiger partial charge in [-0.1, -0.05) is 99.8 Å². The Morgan fingerprint density at radius 2 is 1.76 bits per heavy atom. The van der Waals surface area contributed by atoms with Gasteiger partial charge in [0, 0.05) is 30.5 Å². The van der Waals surface area contributed by atoms with Crippen molar-refractivity contribution in [3.8, 4) is 17.6 Å². The Labute approximate surface area is 328 Å². The topological polar surface area (TPSA) is 171 Å². The van der Waals surface area contributed by atoms with Crippen LogP contribution in [0.4, 0.5) is 0 Å². The first-order valence-corrected chi connectivity index (χ1v) is 20.4. The molecule has 9 nitrogen and oxygen atoms in total. The molecule has 302 valence electrons. The summed E-state index contributed by atoms with van der Waals surface area (Å²) in [5, 5.41) is 78.7. The molecule has 0 bridgehead atoms. The van der Waals surface area contributed by atoms with E-state index in [2.05, 4.69) is 17.2 Å². The molecule has 9 heteroatoms. The van der Waals surface area contributed by atoms with Crippen molar-refractivity contribution in [2.75, 3.05) is 6.61 Å². The van der Waals surface area contributed by atoms with Crippen molar-refractivity contribution in [3.05, 3.63) is 88.5 Å². The van der Waals surface area contributed by atoms with Gasteiger partial charge in [-0.15, -0.1) is 0 Å². The number of aromatic hydroxyl groups is 1.